The highest BCUT2D eigenvalue weighted by molar-refractivity contribution is 7.14. The molecule has 0 aliphatic carbocycles. The molecule has 0 radical (unpaired) electrons. The predicted octanol–water partition coefficient (Wildman–Crippen LogP) is 2.39. The van der Waals surface area contributed by atoms with Crippen LogP contribution >= 0.6 is 11.3 Å². The molecule has 1 aromatic heterocycles. The van der Waals surface area contributed by atoms with Gasteiger partial charge in [-0.1, -0.05) is 30.3 Å². The molecular formula is C13H10N2O3S. The minimum Gasteiger partial charge on any atom is -0.478 e. The zero-order chi connectivity index (χ0) is 13.7. The summed E-state index contributed by atoms with van der Waals surface area (Å²) in [4.78, 5) is 25.9. The molecule has 0 spiro atoms. The molecule has 2 N–H and O–H groups in total. The number of carbonyl (C=O) groups is 2. The van der Waals surface area contributed by atoms with Crippen molar-refractivity contribution in [2.24, 2.45) is 0 Å². The van der Waals surface area contributed by atoms with E-state index in [2.05, 4.69) is 10.3 Å². The summed E-state index contributed by atoms with van der Waals surface area (Å²) in [5.74, 6) is -1.68. The molecule has 0 bridgehead atoms. The van der Waals surface area contributed by atoms with E-state index in [1.807, 2.05) is 35.7 Å². The number of amides is 1. The lowest BCUT2D eigenvalue weighted by Crippen LogP contribution is -2.08. The molecule has 0 saturated carbocycles. The Morgan fingerprint density at radius 1 is 1.21 bits per heavy atom. The minimum atomic E-state index is -1.17. The standard InChI is InChI=1S/C13H10N2O3S/c16-11(6-7-12(17)18)15-13-14-10(8-19-13)9-4-2-1-3-5-9/h1-8H,(H,17,18)(H,14,15,16)/b7-6+. The van der Waals surface area contributed by atoms with Crippen molar-refractivity contribution in [2.45, 2.75) is 0 Å². The predicted molar refractivity (Wildman–Crippen MR) is 73.0 cm³/mol. The van der Waals surface area contributed by atoms with Crippen LogP contribution < -0.4 is 5.32 Å². The first-order valence-corrected chi connectivity index (χ1v) is 6.26. The van der Waals surface area contributed by atoms with Gasteiger partial charge in [0.15, 0.2) is 5.13 Å². The number of hydrogen-bond donors (Lipinski definition) is 2. The number of carbonyl (C=O) groups excluding carboxylic acids is 1. The second kappa shape index (κ2) is 5.92. The van der Waals surface area contributed by atoms with E-state index in [1.165, 1.54) is 11.3 Å². The Morgan fingerprint density at radius 3 is 2.63 bits per heavy atom. The zero-order valence-corrected chi connectivity index (χ0v) is 10.6. The molecule has 5 nitrogen and oxygen atoms in total. The highest BCUT2D eigenvalue weighted by Crippen LogP contribution is 2.24. The Hall–Kier alpha value is -2.47. The third-order valence-electron chi connectivity index (χ3n) is 2.18. The first kappa shape index (κ1) is 13.0. The number of benzene rings is 1. The lowest BCUT2D eigenvalue weighted by Gasteiger charge is -1.96. The van der Waals surface area contributed by atoms with Crippen LogP contribution in [0.4, 0.5) is 5.13 Å². The Kier molecular flexibility index (Phi) is 4.04. The third-order valence-corrected chi connectivity index (χ3v) is 2.94. The number of nitrogens with zero attached hydrogens (tertiary/aromatic N) is 1. The zero-order valence-electron chi connectivity index (χ0n) is 9.74. The van der Waals surface area contributed by atoms with Gasteiger partial charge < -0.3 is 5.11 Å². The topological polar surface area (TPSA) is 79.3 Å². The highest BCUT2D eigenvalue weighted by atomic mass is 32.1. The Bertz CT molecular complexity index is 620. The first-order valence-electron chi connectivity index (χ1n) is 5.38. The van der Waals surface area contributed by atoms with E-state index in [-0.39, 0.29) is 0 Å². The number of aromatic nitrogens is 1. The minimum absolute atomic E-state index is 0.430. The van der Waals surface area contributed by atoms with Crippen LogP contribution in [0.15, 0.2) is 47.9 Å². The normalized spacial score (nSPS) is 10.5. The van der Waals surface area contributed by atoms with Crippen molar-refractivity contribution in [2.75, 3.05) is 5.32 Å². The average Bonchev–Trinajstić information content (AvgIpc) is 2.86. The monoisotopic (exact) mass is 274 g/mol. The van der Waals surface area contributed by atoms with E-state index < -0.39 is 11.9 Å². The maximum Gasteiger partial charge on any atom is 0.328 e. The summed E-state index contributed by atoms with van der Waals surface area (Å²) in [5.41, 5.74) is 1.73. The number of nitrogens with one attached hydrogen (secondary N) is 1. The number of rotatable bonds is 4. The molecule has 0 atom stereocenters. The molecule has 2 rings (SSSR count). The van der Waals surface area contributed by atoms with Gasteiger partial charge in [0.2, 0.25) is 5.91 Å². The second-order valence-corrected chi connectivity index (χ2v) is 4.42. The maximum absolute atomic E-state index is 11.4. The first-order chi connectivity index (χ1) is 9.15. The Balaban J connectivity index is 2.06. The van der Waals surface area contributed by atoms with Crippen LogP contribution in [0.5, 0.6) is 0 Å². The van der Waals surface area contributed by atoms with Crippen LogP contribution in [0.25, 0.3) is 11.3 Å². The molecule has 0 saturated heterocycles. The highest BCUT2D eigenvalue weighted by Gasteiger charge is 2.06. The molecule has 0 unspecified atom stereocenters. The fourth-order valence-corrected chi connectivity index (χ4v) is 2.09. The van der Waals surface area contributed by atoms with Gasteiger partial charge in [0, 0.05) is 23.1 Å². The van der Waals surface area contributed by atoms with Gasteiger partial charge >= 0.3 is 5.97 Å². The Labute approximate surface area is 113 Å². The molecule has 1 amide bonds. The van der Waals surface area contributed by atoms with Crippen LogP contribution in [0.1, 0.15) is 0 Å². The number of hydrogen-bond acceptors (Lipinski definition) is 4. The van der Waals surface area contributed by atoms with E-state index in [4.69, 9.17) is 5.11 Å². The van der Waals surface area contributed by atoms with Gasteiger partial charge in [0.1, 0.15) is 0 Å². The second-order valence-electron chi connectivity index (χ2n) is 3.56. The summed E-state index contributed by atoms with van der Waals surface area (Å²) in [5, 5.41) is 13.2. The van der Waals surface area contributed by atoms with Crippen LogP contribution in [-0.2, 0) is 9.59 Å². The van der Waals surface area contributed by atoms with Gasteiger partial charge in [-0.3, -0.25) is 10.1 Å². The van der Waals surface area contributed by atoms with Crippen LogP contribution in [-0.4, -0.2) is 22.0 Å². The third kappa shape index (κ3) is 3.75. The van der Waals surface area contributed by atoms with E-state index in [1.54, 1.807) is 0 Å². The molecule has 0 aliphatic rings. The summed E-state index contributed by atoms with van der Waals surface area (Å²) in [7, 11) is 0. The van der Waals surface area contributed by atoms with Crippen molar-refractivity contribution in [3.63, 3.8) is 0 Å². The molecular weight excluding hydrogens is 264 g/mol. The van der Waals surface area contributed by atoms with Crippen molar-refractivity contribution in [1.82, 2.24) is 4.98 Å². The van der Waals surface area contributed by atoms with Crippen molar-refractivity contribution < 1.29 is 14.7 Å². The summed E-state index contributed by atoms with van der Waals surface area (Å²) in [6.45, 7) is 0. The Morgan fingerprint density at radius 2 is 1.95 bits per heavy atom. The van der Waals surface area contributed by atoms with E-state index >= 15 is 0 Å². The van der Waals surface area contributed by atoms with Gasteiger partial charge in [-0.2, -0.15) is 0 Å². The quantitative estimate of drug-likeness (QED) is 0.839. The molecule has 19 heavy (non-hydrogen) atoms. The van der Waals surface area contributed by atoms with Crippen molar-refractivity contribution >= 4 is 28.3 Å². The number of thiazole rings is 1. The molecule has 6 heteroatoms. The molecule has 96 valence electrons. The largest absolute Gasteiger partial charge is 0.478 e. The van der Waals surface area contributed by atoms with Crippen molar-refractivity contribution in [3.05, 3.63) is 47.9 Å². The van der Waals surface area contributed by atoms with Gasteiger partial charge in [-0.25, -0.2) is 9.78 Å². The lowest BCUT2D eigenvalue weighted by molar-refractivity contribution is -0.131. The molecule has 1 aromatic carbocycles. The van der Waals surface area contributed by atoms with Crippen LogP contribution in [0.2, 0.25) is 0 Å². The van der Waals surface area contributed by atoms with E-state index in [9.17, 15) is 9.59 Å². The van der Waals surface area contributed by atoms with Crippen LogP contribution in [0, 0.1) is 0 Å². The number of carboxylic acid groups (broad SMARTS) is 1. The summed E-state index contributed by atoms with van der Waals surface area (Å²) >= 11 is 1.28. The summed E-state index contributed by atoms with van der Waals surface area (Å²) < 4.78 is 0. The summed E-state index contributed by atoms with van der Waals surface area (Å²) in [6.07, 6.45) is 1.73. The number of aliphatic carboxylic acids is 1. The SMILES string of the molecule is O=C(O)/C=C/C(=O)Nc1nc(-c2ccccc2)cs1. The van der Waals surface area contributed by atoms with Gasteiger partial charge in [-0.05, 0) is 0 Å². The van der Waals surface area contributed by atoms with Crippen LogP contribution in [0.3, 0.4) is 0 Å². The number of anilines is 1. The fraction of sp³-hybridized carbons (Fsp3) is 0. The summed E-state index contributed by atoms with van der Waals surface area (Å²) in [6, 6.07) is 9.57. The van der Waals surface area contributed by atoms with Gasteiger partial charge in [0.25, 0.3) is 0 Å². The molecule has 0 aliphatic heterocycles. The maximum atomic E-state index is 11.4. The van der Waals surface area contributed by atoms with Gasteiger partial charge in [0.05, 0.1) is 5.69 Å². The molecule has 0 fully saturated rings. The van der Waals surface area contributed by atoms with Crippen molar-refractivity contribution in [3.8, 4) is 11.3 Å². The van der Waals surface area contributed by atoms with Gasteiger partial charge in [-0.15, -0.1) is 11.3 Å². The fourth-order valence-electron chi connectivity index (χ4n) is 1.37. The van der Waals surface area contributed by atoms with E-state index in [0.717, 1.165) is 23.4 Å². The number of carboxylic acids is 1. The molecule has 2 aromatic rings. The molecule has 1 heterocycles. The smallest absolute Gasteiger partial charge is 0.328 e. The van der Waals surface area contributed by atoms with Crippen molar-refractivity contribution in [1.29, 1.82) is 0 Å². The average molecular weight is 274 g/mol. The van der Waals surface area contributed by atoms with E-state index in [0.29, 0.717) is 5.13 Å². The lowest BCUT2D eigenvalue weighted by atomic mass is 10.2.